The maximum Gasteiger partial charge on any atom is 0.320 e. The molecule has 3 saturated heterocycles. The average molecular weight is 561 g/mol. The van der Waals surface area contributed by atoms with Gasteiger partial charge in [-0.15, -0.1) is 0 Å². The molecule has 1 aromatic heterocycles. The van der Waals surface area contributed by atoms with Gasteiger partial charge in [0.25, 0.3) is 5.91 Å². The van der Waals surface area contributed by atoms with Crippen LogP contribution in [0.5, 0.6) is 0 Å². The summed E-state index contributed by atoms with van der Waals surface area (Å²) in [4.78, 5) is 42.9. The number of piperidine rings is 2. The number of primary amides is 1. The summed E-state index contributed by atoms with van der Waals surface area (Å²) < 4.78 is 0. The normalized spacial score (nSPS) is 23.3. The van der Waals surface area contributed by atoms with Crippen LogP contribution in [0.3, 0.4) is 0 Å². The lowest BCUT2D eigenvalue weighted by molar-refractivity contribution is 0.0995. The van der Waals surface area contributed by atoms with E-state index >= 15 is 0 Å². The van der Waals surface area contributed by atoms with Crippen molar-refractivity contribution in [2.45, 2.75) is 75.8 Å². The number of rotatable bonds is 7. The van der Waals surface area contributed by atoms with Crippen LogP contribution in [0.1, 0.15) is 79.8 Å². The number of hydrogen-bond acceptors (Lipinski definition) is 7. The summed E-state index contributed by atoms with van der Waals surface area (Å²) in [7, 11) is 1.87. The van der Waals surface area contributed by atoms with Crippen LogP contribution in [0.25, 0.3) is 0 Å². The van der Waals surface area contributed by atoms with Crippen molar-refractivity contribution in [3.8, 4) is 0 Å². The van der Waals surface area contributed by atoms with Gasteiger partial charge in [-0.3, -0.25) is 4.79 Å². The molecule has 4 heterocycles. The van der Waals surface area contributed by atoms with E-state index in [9.17, 15) is 9.59 Å². The van der Waals surface area contributed by atoms with Crippen LogP contribution < -0.4 is 16.0 Å². The number of nitrogens with two attached hydrogens (primary N) is 1. The molecule has 3 aliphatic heterocycles. The summed E-state index contributed by atoms with van der Waals surface area (Å²) >= 11 is 0. The number of urea groups is 1. The van der Waals surface area contributed by atoms with Gasteiger partial charge in [-0.2, -0.15) is 0 Å². The Hall–Kier alpha value is -3.40. The van der Waals surface area contributed by atoms with Gasteiger partial charge >= 0.3 is 6.03 Å². The lowest BCUT2D eigenvalue weighted by Gasteiger charge is -2.43. The van der Waals surface area contributed by atoms with Gasteiger partial charge in [0.15, 0.2) is 11.5 Å². The van der Waals surface area contributed by atoms with Crippen molar-refractivity contribution >= 4 is 29.3 Å². The predicted molar refractivity (Wildman–Crippen MR) is 161 cm³/mol. The van der Waals surface area contributed by atoms with Crippen molar-refractivity contribution < 1.29 is 9.59 Å². The van der Waals surface area contributed by atoms with Crippen molar-refractivity contribution in [1.29, 1.82) is 0 Å². The Bertz CT molecular complexity index is 1220. The Morgan fingerprint density at radius 1 is 0.902 bits per heavy atom. The number of carbonyl (C=O) groups is 2. The first-order chi connectivity index (χ1) is 20.0. The number of nitrogens with zero attached hydrogens (tertiary/aromatic N) is 6. The zero-order valence-corrected chi connectivity index (χ0v) is 24.3. The van der Waals surface area contributed by atoms with E-state index in [1.165, 1.54) is 57.2 Å². The highest BCUT2D eigenvalue weighted by atomic mass is 16.2. The smallest absolute Gasteiger partial charge is 0.320 e. The quantitative estimate of drug-likeness (QED) is 0.523. The highest BCUT2D eigenvalue weighted by Gasteiger charge is 2.33. The van der Waals surface area contributed by atoms with Gasteiger partial charge < -0.3 is 30.7 Å². The highest BCUT2D eigenvalue weighted by molar-refractivity contribution is 5.96. The maximum absolute atomic E-state index is 12.8. The summed E-state index contributed by atoms with van der Waals surface area (Å²) in [6.45, 7) is 5.50. The number of nitrogens with one attached hydrogen (secondary N) is 1. The fraction of sp³-hybridized carbons (Fsp3) is 0.613. The first-order valence-corrected chi connectivity index (χ1v) is 15.5. The molecule has 1 atom stereocenters. The highest BCUT2D eigenvalue weighted by Crippen LogP contribution is 2.33. The number of amides is 3. The number of carbonyl (C=O) groups excluding carboxylic acids is 2. The van der Waals surface area contributed by atoms with Crippen molar-refractivity contribution in [3.63, 3.8) is 0 Å². The van der Waals surface area contributed by atoms with Gasteiger partial charge in [0.2, 0.25) is 0 Å². The topological polar surface area (TPSA) is 111 Å². The molecule has 41 heavy (non-hydrogen) atoms. The molecular formula is C31H44N8O2. The Morgan fingerprint density at radius 3 is 2.37 bits per heavy atom. The molecule has 6 rings (SSSR count). The minimum absolute atomic E-state index is 0.100. The summed E-state index contributed by atoms with van der Waals surface area (Å²) in [5.41, 5.74) is 8.02. The molecule has 3 amide bonds. The van der Waals surface area contributed by atoms with Gasteiger partial charge in [-0.25, -0.2) is 14.8 Å². The van der Waals surface area contributed by atoms with Gasteiger partial charge in [0.1, 0.15) is 5.82 Å². The van der Waals surface area contributed by atoms with E-state index in [-0.39, 0.29) is 17.8 Å². The van der Waals surface area contributed by atoms with E-state index in [2.05, 4.69) is 44.4 Å². The molecule has 2 aromatic rings. The van der Waals surface area contributed by atoms with Gasteiger partial charge in [0.05, 0.1) is 12.2 Å². The zero-order chi connectivity index (χ0) is 28.3. The molecule has 220 valence electrons. The third-order valence-corrected chi connectivity index (χ3v) is 9.63. The Kier molecular flexibility index (Phi) is 8.27. The summed E-state index contributed by atoms with van der Waals surface area (Å²) in [5.74, 6) is 1.02. The molecule has 3 N–H and O–H groups in total. The molecule has 1 saturated carbocycles. The third-order valence-electron chi connectivity index (χ3n) is 9.63. The van der Waals surface area contributed by atoms with E-state index in [1.54, 1.807) is 11.1 Å². The van der Waals surface area contributed by atoms with E-state index in [1.807, 2.05) is 11.9 Å². The van der Waals surface area contributed by atoms with Gasteiger partial charge in [0, 0.05) is 45.0 Å². The molecule has 1 aliphatic carbocycles. The second-order valence-corrected chi connectivity index (χ2v) is 12.3. The van der Waals surface area contributed by atoms with Gasteiger partial charge in [-0.1, -0.05) is 25.0 Å². The SMILES string of the molecule is CN1CCCN(C2CCCN(c3cnc(C(N)=O)c(Nc4ccc(C5CCN(C6CCCC6)CC5)cc4)n3)C2)C1=O. The number of likely N-dealkylation sites (tertiary alicyclic amines) is 1. The number of benzene rings is 1. The van der Waals surface area contributed by atoms with Crippen LogP contribution in [0.15, 0.2) is 30.5 Å². The second-order valence-electron chi connectivity index (χ2n) is 12.3. The molecular weight excluding hydrogens is 516 g/mol. The Balaban J connectivity index is 1.12. The molecule has 4 fully saturated rings. The van der Waals surface area contributed by atoms with Crippen LogP contribution in [-0.4, -0.2) is 95.0 Å². The average Bonchev–Trinajstić information content (AvgIpc) is 3.54. The Labute approximate surface area is 243 Å². The molecule has 1 aromatic carbocycles. The maximum atomic E-state index is 12.8. The molecule has 4 aliphatic rings. The number of aromatic nitrogens is 2. The third kappa shape index (κ3) is 6.12. The number of anilines is 3. The van der Waals surface area contributed by atoms with Crippen LogP contribution in [-0.2, 0) is 0 Å². The second kappa shape index (κ2) is 12.2. The predicted octanol–water partition coefficient (Wildman–Crippen LogP) is 4.17. The largest absolute Gasteiger partial charge is 0.364 e. The lowest BCUT2D eigenvalue weighted by atomic mass is 9.88. The molecule has 10 heteroatoms. The minimum Gasteiger partial charge on any atom is -0.364 e. The van der Waals surface area contributed by atoms with Crippen molar-refractivity contribution in [2.24, 2.45) is 5.73 Å². The molecule has 10 nitrogen and oxygen atoms in total. The van der Waals surface area contributed by atoms with E-state index in [4.69, 9.17) is 10.7 Å². The van der Waals surface area contributed by atoms with Crippen molar-refractivity contribution in [2.75, 3.05) is 56.5 Å². The van der Waals surface area contributed by atoms with Crippen LogP contribution in [0.4, 0.5) is 22.1 Å². The van der Waals surface area contributed by atoms with E-state index in [0.29, 0.717) is 24.1 Å². The summed E-state index contributed by atoms with van der Waals surface area (Å²) in [6.07, 6.45) is 12.5. The number of hydrogen-bond donors (Lipinski definition) is 2. The standard InChI is InChI=1S/C31H44N8O2/c1-36-15-5-17-39(31(36)41)26-8-4-16-38(21-26)27-20-33-28(29(32)40)30(35-27)34-24-11-9-22(10-12-24)23-13-18-37(19-14-23)25-6-2-3-7-25/h9-12,20,23,25-26H,2-8,13-19,21H2,1H3,(H2,32,40)(H,34,35). The Morgan fingerprint density at radius 2 is 1.63 bits per heavy atom. The van der Waals surface area contributed by atoms with Gasteiger partial charge in [-0.05, 0) is 81.6 Å². The van der Waals surface area contributed by atoms with E-state index in [0.717, 1.165) is 50.6 Å². The zero-order valence-electron chi connectivity index (χ0n) is 24.3. The van der Waals surface area contributed by atoms with E-state index < -0.39 is 5.91 Å². The fourth-order valence-corrected chi connectivity index (χ4v) is 7.29. The molecule has 0 bridgehead atoms. The van der Waals surface area contributed by atoms with Crippen LogP contribution in [0, 0.1) is 0 Å². The van der Waals surface area contributed by atoms with Crippen LogP contribution in [0.2, 0.25) is 0 Å². The monoisotopic (exact) mass is 560 g/mol. The molecule has 0 radical (unpaired) electrons. The lowest BCUT2D eigenvalue weighted by Crippen LogP contribution is -2.56. The molecule has 0 spiro atoms. The van der Waals surface area contributed by atoms with Crippen LogP contribution >= 0.6 is 0 Å². The van der Waals surface area contributed by atoms with Crippen molar-refractivity contribution in [1.82, 2.24) is 24.7 Å². The fourth-order valence-electron chi connectivity index (χ4n) is 7.29. The minimum atomic E-state index is -0.615. The first-order valence-electron chi connectivity index (χ1n) is 15.5. The summed E-state index contributed by atoms with van der Waals surface area (Å²) in [6, 6.07) is 9.56. The van der Waals surface area contributed by atoms with Crippen molar-refractivity contribution in [3.05, 3.63) is 41.7 Å². The molecule has 1 unspecified atom stereocenters. The first kappa shape index (κ1) is 27.8. The summed E-state index contributed by atoms with van der Waals surface area (Å²) in [5, 5.41) is 3.31.